The van der Waals surface area contributed by atoms with Gasteiger partial charge in [-0.1, -0.05) is 12.1 Å². The van der Waals surface area contributed by atoms with Gasteiger partial charge in [0.2, 0.25) is 5.88 Å². The lowest BCUT2D eigenvalue weighted by Crippen LogP contribution is -2.20. The summed E-state index contributed by atoms with van der Waals surface area (Å²) in [4.78, 5) is 21.4. The molecule has 0 radical (unpaired) electrons. The molecule has 1 N–H and O–H groups in total. The van der Waals surface area contributed by atoms with E-state index in [1.807, 2.05) is 38.1 Å². The van der Waals surface area contributed by atoms with Crippen LogP contribution in [0.1, 0.15) is 16.0 Å². The fourth-order valence-electron chi connectivity index (χ4n) is 2.24. The van der Waals surface area contributed by atoms with Crippen molar-refractivity contribution in [2.45, 2.75) is 13.8 Å². The van der Waals surface area contributed by atoms with Crippen LogP contribution >= 0.6 is 11.3 Å². The molecule has 0 aliphatic heterocycles. The van der Waals surface area contributed by atoms with E-state index in [0.29, 0.717) is 16.4 Å². The maximum Gasteiger partial charge on any atom is 0.263 e. The van der Waals surface area contributed by atoms with Gasteiger partial charge >= 0.3 is 0 Å². The minimum Gasteiger partial charge on any atom is -0.467 e. The number of fused-ring (bicyclic) bond motifs is 1. The number of ether oxygens (including phenoxy) is 1. The van der Waals surface area contributed by atoms with E-state index in [1.54, 1.807) is 0 Å². The van der Waals surface area contributed by atoms with Crippen molar-refractivity contribution in [2.24, 2.45) is 0 Å². The second kappa shape index (κ2) is 6.64. The maximum atomic E-state index is 12.1. The first kappa shape index (κ1) is 15.9. The van der Waals surface area contributed by atoms with Crippen LogP contribution in [0.3, 0.4) is 0 Å². The third-order valence-electron chi connectivity index (χ3n) is 3.60. The molecule has 24 heavy (non-hydrogen) atoms. The first-order chi connectivity index (χ1) is 11.6. The van der Waals surface area contributed by atoms with Crippen molar-refractivity contribution in [1.82, 2.24) is 9.97 Å². The number of benzene rings is 1. The van der Waals surface area contributed by atoms with Gasteiger partial charge in [0.15, 0.2) is 6.61 Å². The first-order valence-electron chi connectivity index (χ1n) is 7.22. The topological polar surface area (TPSA) is 87.9 Å². The van der Waals surface area contributed by atoms with Gasteiger partial charge in [-0.05, 0) is 31.5 Å². The Morgan fingerprint density at radius 2 is 2.12 bits per heavy atom. The van der Waals surface area contributed by atoms with E-state index >= 15 is 0 Å². The molecular weight excluding hydrogens is 324 g/mol. The normalized spacial score (nSPS) is 10.4. The van der Waals surface area contributed by atoms with Gasteiger partial charge in [-0.3, -0.25) is 4.79 Å². The molecule has 3 aromatic rings. The van der Waals surface area contributed by atoms with E-state index < -0.39 is 0 Å². The third kappa shape index (κ3) is 3.05. The highest BCUT2D eigenvalue weighted by molar-refractivity contribution is 7.16. The van der Waals surface area contributed by atoms with Gasteiger partial charge in [0.1, 0.15) is 17.4 Å². The summed E-state index contributed by atoms with van der Waals surface area (Å²) in [5.41, 5.74) is 2.14. The molecule has 120 valence electrons. The van der Waals surface area contributed by atoms with E-state index in [-0.39, 0.29) is 12.5 Å². The summed E-state index contributed by atoms with van der Waals surface area (Å²) in [5, 5.41) is 13.2. The quantitative estimate of drug-likeness (QED) is 0.789. The van der Waals surface area contributed by atoms with E-state index in [0.717, 1.165) is 21.3 Å². The fraction of sp³-hybridized carbons (Fsp3) is 0.176. The van der Waals surface area contributed by atoms with Gasteiger partial charge in [0.25, 0.3) is 5.91 Å². The maximum absolute atomic E-state index is 12.1. The summed E-state index contributed by atoms with van der Waals surface area (Å²) >= 11 is 1.38. The number of nitrogens with zero attached hydrogens (tertiary/aromatic N) is 3. The summed E-state index contributed by atoms with van der Waals surface area (Å²) in [6.07, 6.45) is 1.40. The average molecular weight is 338 g/mol. The molecule has 7 heteroatoms. The molecule has 0 saturated carbocycles. The monoisotopic (exact) mass is 338 g/mol. The molecule has 0 saturated heterocycles. The zero-order valence-electron chi connectivity index (χ0n) is 13.2. The summed E-state index contributed by atoms with van der Waals surface area (Å²) in [6, 6.07) is 9.53. The zero-order valence-corrected chi connectivity index (χ0v) is 14.0. The second-order valence-electron chi connectivity index (χ2n) is 5.13. The van der Waals surface area contributed by atoms with Crippen molar-refractivity contribution in [3.8, 4) is 11.9 Å². The number of thiophene rings is 1. The smallest absolute Gasteiger partial charge is 0.263 e. The molecule has 0 bridgehead atoms. The molecular formula is C17H14N4O2S. The molecule has 1 amide bonds. The molecule has 2 aromatic heterocycles. The van der Waals surface area contributed by atoms with Crippen LogP contribution in [0.4, 0.5) is 5.00 Å². The van der Waals surface area contributed by atoms with Gasteiger partial charge in [-0.15, -0.1) is 11.3 Å². The summed E-state index contributed by atoms with van der Waals surface area (Å²) in [7, 11) is 0. The van der Waals surface area contributed by atoms with Crippen LogP contribution in [0.25, 0.3) is 10.9 Å². The number of hydrogen-bond donors (Lipinski definition) is 1. The number of para-hydroxylation sites is 1. The Kier molecular flexibility index (Phi) is 4.40. The highest BCUT2D eigenvalue weighted by Gasteiger charge is 2.15. The van der Waals surface area contributed by atoms with E-state index in [2.05, 4.69) is 21.4 Å². The van der Waals surface area contributed by atoms with Crippen molar-refractivity contribution in [3.05, 3.63) is 46.6 Å². The Bertz CT molecular complexity index is 954. The second-order valence-corrected chi connectivity index (χ2v) is 6.36. The fourth-order valence-corrected chi connectivity index (χ4v) is 3.27. The molecule has 0 aliphatic carbocycles. The molecule has 0 aliphatic rings. The minimum absolute atomic E-state index is 0.193. The van der Waals surface area contributed by atoms with Crippen molar-refractivity contribution in [2.75, 3.05) is 11.9 Å². The zero-order chi connectivity index (χ0) is 17.1. The number of rotatable bonds is 4. The number of aryl methyl sites for hydroxylation is 1. The molecule has 2 heterocycles. The number of carbonyl (C=O) groups excluding carboxylic acids is 1. The van der Waals surface area contributed by atoms with E-state index in [1.165, 1.54) is 17.7 Å². The Morgan fingerprint density at radius 3 is 2.92 bits per heavy atom. The predicted molar refractivity (Wildman–Crippen MR) is 92.2 cm³/mol. The number of nitriles is 1. The Hall–Kier alpha value is -2.98. The molecule has 3 rings (SSSR count). The number of hydrogen-bond acceptors (Lipinski definition) is 6. The largest absolute Gasteiger partial charge is 0.467 e. The number of amides is 1. The van der Waals surface area contributed by atoms with Crippen molar-refractivity contribution in [3.63, 3.8) is 0 Å². The molecule has 1 aromatic carbocycles. The van der Waals surface area contributed by atoms with Gasteiger partial charge in [-0.2, -0.15) is 5.26 Å². The van der Waals surface area contributed by atoms with Crippen LogP contribution in [0, 0.1) is 25.2 Å². The Morgan fingerprint density at radius 1 is 1.33 bits per heavy atom. The molecule has 0 spiro atoms. The lowest BCUT2D eigenvalue weighted by Gasteiger charge is -2.07. The standard InChI is InChI=1S/C17H14N4O2S/c1-10-11(2)24-17(13(10)7-18)21-15(22)8-23-16-12-5-3-4-6-14(12)19-9-20-16/h3-6,9H,8H2,1-2H3,(H,21,22). The minimum atomic E-state index is -0.338. The molecule has 6 nitrogen and oxygen atoms in total. The Labute approximate surface area is 142 Å². The highest BCUT2D eigenvalue weighted by atomic mass is 32.1. The molecule has 0 fully saturated rings. The van der Waals surface area contributed by atoms with Gasteiger partial charge < -0.3 is 10.1 Å². The summed E-state index contributed by atoms with van der Waals surface area (Å²) in [6.45, 7) is 3.59. The number of aromatic nitrogens is 2. The van der Waals surface area contributed by atoms with Crippen LogP contribution in [0.2, 0.25) is 0 Å². The lowest BCUT2D eigenvalue weighted by molar-refractivity contribution is -0.118. The van der Waals surface area contributed by atoms with Crippen LogP contribution < -0.4 is 10.1 Å². The van der Waals surface area contributed by atoms with E-state index in [4.69, 9.17) is 4.74 Å². The highest BCUT2D eigenvalue weighted by Crippen LogP contribution is 2.31. The van der Waals surface area contributed by atoms with Gasteiger partial charge in [-0.25, -0.2) is 9.97 Å². The SMILES string of the molecule is Cc1sc(NC(=O)COc2ncnc3ccccc23)c(C#N)c1C. The molecule has 0 unspecified atom stereocenters. The van der Waals surface area contributed by atoms with Crippen LogP contribution in [0.15, 0.2) is 30.6 Å². The van der Waals surface area contributed by atoms with Gasteiger partial charge in [0.05, 0.1) is 16.5 Å². The Balaban J connectivity index is 1.72. The number of anilines is 1. The van der Waals surface area contributed by atoms with E-state index in [9.17, 15) is 10.1 Å². The van der Waals surface area contributed by atoms with Crippen LogP contribution in [-0.2, 0) is 4.79 Å². The van der Waals surface area contributed by atoms with Crippen molar-refractivity contribution < 1.29 is 9.53 Å². The number of carbonyl (C=O) groups is 1. The van der Waals surface area contributed by atoms with Gasteiger partial charge in [0, 0.05) is 4.88 Å². The summed E-state index contributed by atoms with van der Waals surface area (Å²) in [5.74, 6) is 0.0187. The van der Waals surface area contributed by atoms with Crippen molar-refractivity contribution in [1.29, 1.82) is 5.26 Å². The lowest BCUT2D eigenvalue weighted by atomic mass is 10.2. The van der Waals surface area contributed by atoms with Crippen LogP contribution in [-0.4, -0.2) is 22.5 Å². The predicted octanol–water partition coefficient (Wildman–Crippen LogP) is 3.20. The van der Waals surface area contributed by atoms with Crippen LogP contribution in [0.5, 0.6) is 5.88 Å². The molecule has 0 atom stereocenters. The third-order valence-corrected chi connectivity index (χ3v) is 4.72. The first-order valence-corrected chi connectivity index (χ1v) is 8.04. The van der Waals surface area contributed by atoms with Crippen molar-refractivity contribution >= 4 is 33.1 Å². The number of nitrogens with one attached hydrogen (secondary N) is 1. The summed E-state index contributed by atoms with van der Waals surface area (Å²) < 4.78 is 5.52. The average Bonchev–Trinajstić information content (AvgIpc) is 2.86.